The number of rotatable bonds is 2. The molecule has 0 bridgehead atoms. The van der Waals surface area contributed by atoms with Gasteiger partial charge in [0, 0.05) is 17.2 Å². The molecule has 0 unspecified atom stereocenters. The summed E-state index contributed by atoms with van der Waals surface area (Å²) in [4.78, 5) is 11.4. The first-order valence-electron chi connectivity index (χ1n) is 4.38. The van der Waals surface area contributed by atoms with Crippen LogP contribution < -0.4 is 9.47 Å². The molecule has 0 fully saturated rings. The van der Waals surface area contributed by atoms with Gasteiger partial charge in [0.05, 0.1) is 14.2 Å². The number of ether oxygens (including phenoxy) is 2. The summed E-state index contributed by atoms with van der Waals surface area (Å²) in [7, 11) is 3.00. The van der Waals surface area contributed by atoms with Crippen molar-refractivity contribution in [3.63, 3.8) is 0 Å². The molecule has 0 amide bonds. The van der Waals surface area contributed by atoms with Crippen molar-refractivity contribution < 1.29 is 19.4 Å². The van der Waals surface area contributed by atoms with Crippen molar-refractivity contribution >= 4 is 11.5 Å². The number of aliphatic hydroxyl groups is 1. The molecule has 4 heteroatoms. The maximum atomic E-state index is 11.4. The Bertz CT molecular complexity index is 460. The zero-order valence-corrected chi connectivity index (χ0v) is 8.40. The monoisotopic (exact) mass is 206 g/mol. The molecule has 0 spiro atoms. The predicted octanol–water partition coefficient (Wildman–Crippen LogP) is 1.80. The van der Waals surface area contributed by atoms with Gasteiger partial charge in [0.25, 0.3) is 0 Å². The molecule has 0 saturated heterocycles. The summed E-state index contributed by atoms with van der Waals surface area (Å²) < 4.78 is 10.1. The third-order valence-corrected chi connectivity index (χ3v) is 2.33. The Morgan fingerprint density at radius 1 is 1.07 bits per heavy atom. The minimum atomic E-state index is -0.219. The molecule has 1 aliphatic rings. The predicted molar refractivity (Wildman–Crippen MR) is 54.5 cm³/mol. The molecule has 0 aromatic heterocycles. The number of fused-ring (bicyclic) bond motifs is 1. The van der Waals surface area contributed by atoms with Crippen LogP contribution in [0.4, 0.5) is 0 Å². The highest BCUT2D eigenvalue weighted by Gasteiger charge is 2.23. The summed E-state index contributed by atoms with van der Waals surface area (Å²) in [5.74, 6) is 0.720. The third kappa shape index (κ3) is 1.34. The molecule has 78 valence electrons. The van der Waals surface area contributed by atoms with Gasteiger partial charge in [-0.15, -0.1) is 0 Å². The second kappa shape index (κ2) is 3.31. The summed E-state index contributed by atoms with van der Waals surface area (Å²) in [6, 6.07) is 3.15. The van der Waals surface area contributed by atoms with Crippen LogP contribution in [0.2, 0.25) is 0 Å². The Hall–Kier alpha value is -1.97. The van der Waals surface area contributed by atoms with Crippen molar-refractivity contribution in [2.45, 2.75) is 0 Å². The molecule has 4 nitrogen and oxygen atoms in total. The van der Waals surface area contributed by atoms with Crippen LogP contribution in [0.25, 0.3) is 5.76 Å². The van der Waals surface area contributed by atoms with Crippen molar-refractivity contribution in [1.82, 2.24) is 0 Å². The molecule has 0 saturated carbocycles. The van der Waals surface area contributed by atoms with Gasteiger partial charge in [-0.05, 0) is 12.1 Å². The van der Waals surface area contributed by atoms with Crippen LogP contribution in [-0.2, 0) is 0 Å². The fraction of sp³-hybridized carbons (Fsp3) is 0.182. The first-order chi connectivity index (χ1) is 7.17. The SMILES string of the molecule is COc1cc2c(cc1OC)C(O)=CC2=O. The number of allylic oxidation sites excluding steroid dienone is 1. The van der Waals surface area contributed by atoms with Gasteiger partial charge in [0.15, 0.2) is 17.3 Å². The molecule has 1 N–H and O–H groups in total. The fourth-order valence-electron chi connectivity index (χ4n) is 1.57. The lowest BCUT2D eigenvalue weighted by Crippen LogP contribution is -1.97. The van der Waals surface area contributed by atoms with E-state index in [9.17, 15) is 9.90 Å². The van der Waals surface area contributed by atoms with Crippen molar-refractivity contribution in [1.29, 1.82) is 0 Å². The minimum Gasteiger partial charge on any atom is -0.507 e. The van der Waals surface area contributed by atoms with E-state index in [0.29, 0.717) is 22.6 Å². The van der Waals surface area contributed by atoms with E-state index in [4.69, 9.17) is 9.47 Å². The molecule has 0 heterocycles. The van der Waals surface area contributed by atoms with Crippen molar-refractivity contribution in [2.24, 2.45) is 0 Å². The second-order valence-corrected chi connectivity index (χ2v) is 3.15. The van der Waals surface area contributed by atoms with Crippen LogP contribution in [-0.4, -0.2) is 25.1 Å². The lowest BCUT2D eigenvalue weighted by molar-refractivity contribution is 0.104. The number of aliphatic hydroxyl groups excluding tert-OH is 1. The molecule has 0 radical (unpaired) electrons. The fourth-order valence-corrected chi connectivity index (χ4v) is 1.57. The Morgan fingerprint density at radius 3 is 2.13 bits per heavy atom. The molecule has 2 rings (SSSR count). The van der Waals surface area contributed by atoms with Gasteiger partial charge in [-0.25, -0.2) is 0 Å². The minimum absolute atomic E-state index is 0.0315. The lowest BCUT2D eigenvalue weighted by atomic mass is 10.1. The average Bonchev–Trinajstić information content (AvgIpc) is 2.52. The van der Waals surface area contributed by atoms with E-state index in [1.165, 1.54) is 20.3 Å². The van der Waals surface area contributed by atoms with Gasteiger partial charge in [-0.2, -0.15) is 0 Å². The van der Waals surface area contributed by atoms with E-state index in [0.717, 1.165) is 0 Å². The maximum absolute atomic E-state index is 11.4. The molecule has 0 aliphatic heterocycles. The smallest absolute Gasteiger partial charge is 0.190 e. The summed E-state index contributed by atoms with van der Waals surface area (Å²) in [6.45, 7) is 0. The summed E-state index contributed by atoms with van der Waals surface area (Å²) in [5.41, 5.74) is 0.919. The number of hydrogen-bond acceptors (Lipinski definition) is 4. The van der Waals surface area contributed by atoms with E-state index in [1.54, 1.807) is 12.1 Å². The molecule has 1 aliphatic carbocycles. The Balaban J connectivity index is 2.63. The zero-order chi connectivity index (χ0) is 11.0. The van der Waals surface area contributed by atoms with Crippen LogP contribution in [0.5, 0.6) is 11.5 Å². The van der Waals surface area contributed by atoms with Crippen molar-refractivity contribution in [3.05, 3.63) is 29.3 Å². The van der Waals surface area contributed by atoms with Gasteiger partial charge in [-0.1, -0.05) is 0 Å². The van der Waals surface area contributed by atoms with Gasteiger partial charge in [0.2, 0.25) is 0 Å². The lowest BCUT2D eigenvalue weighted by Gasteiger charge is -2.09. The molecule has 15 heavy (non-hydrogen) atoms. The highest BCUT2D eigenvalue weighted by atomic mass is 16.5. The number of methoxy groups -OCH3 is 2. The van der Waals surface area contributed by atoms with Crippen LogP contribution in [0.15, 0.2) is 18.2 Å². The number of ketones is 1. The number of hydrogen-bond donors (Lipinski definition) is 1. The van der Waals surface area contributed by atoms with Crippen LogP contribution in [0.1, 0.15) is 15.9 Å². The molecule has 1 aromatic carbocycles. The topological polar surface area (TPSA) is 55.8 Å². The first-order valence-corrected chi connectivity index (χ1v) is 4.38. The molecular weight excluding hydrogens is 196 g/mol. The van der Waals surface area contributed by atoms with E-state index in [1.807, 2.05) is 0 Å². The van der Waals surface area contributed by atoms with E-state index >= 15 is 0 Å². The molecule has 0 atom stereocenters. The zero-order valence-electron chi connectivity index (χ0n) is 8.40. The van der Waals surface area contributed by atoms with Gasteiger partial charge in [-0.3, -0.25) is 4.79 Å². The summed E-state index contributed by atoms with van der Waals surface area (Å²) >= 11 is 0. The summed E-state index contributed by atoms with van der Waals surface area (Å²) in [5, 5.41) is 9.48. The Labute approximate surface area is 86.7 Å². The number of benzene rings is 1. The normalized spacial score (nSPS) is 13.5. The standard InChI is InChI=1S/C11H10O4/c1-14-10-3-6-7(4-11(10)15-2)9(13)5-8(6)12/h3-5,12H,1-2H3. The largest absolute Gasteiger partial charge is 0.507 e. The maximum Gasteiger partial charge on any atom is 0.190 e. The van der Waals surface area contributed by atoms with E-state index in [-0.39, 0.29) is 11.5 Å². The second-order valence-electron chi connectivity index (χ2n) is 3.15. The van der Waals surface area contributed by atoms with Crippen molar-refractivity contribution in [2.75, 3.05) is 14.2 Å². The molecular formula is C11H10O4. The van der Waals surface area contributed by atoms with Crippen LogP contribution >= 0.6 is 0 Å². The third-order valence-electron chi connectivity index (χ3n) is 2.33. The number of carbonyl (C=O) groups is 1. The highest BCUT2D eigenvalue weighted by molar-refractivity contribution is 6.15. The van der Waals surface area contributed by atoms with Crippen LogP contribution in [0.3, 0.4) is 0 Å². The van der Waals surface area contributed by atoms with Crippen molar-refractivity contribution in [3.8, 4) is 11.5 Å². The Morgan fingerprint density at radius 2 is 1.60 bits per heavy atom. The van der Waals surface area contributed by atoms with E-state index < -0.39 is 0 Å². The quantitative estimate of drug-likeness (QED) is 0.801. The summed E-state index contributed by atoms with van der Waals surface area (Å²) in [6.07, 6.45) is 1.18. The van der Waals surface area contributed by atoms with E-state index in [2.05, 4.69) is 0 Å². The first kappa shape index (κ1) is 9.58. The van der Waals surface area contributed by atoms with Gasteiger partial charge in [0.1, 0.15) is 5.76 Å². The number of carbonyl (C=O) groups excluding carboxylic acids is 1. The van der Waals surface area contributed by atoms with Gasteiger partial charge < -0.3 is 14.6 Å². The molecule has 1 aromatic rings. The van der Waals surface area contributed by atoms with Gasteiger partial charge >= 0.3 is 0 Å². The Kier molecular flexibility index (Phi) is 2.11. The van der Waals surface area contributed by atoms with Crippen LogP contribution in [0, 0.1) is 0 Å². The average molecular weight is 206 g/mol. The highest BCUT2D eigenvalue weighted by Crippen LogP contribution is 2.36.